The lowest BCUT2D eigenvalue weighted by Gasteiger charge is -2.28. The van der Waals surface area contributed by atoms with Gasteiger partial charge < -0.3 is 10.6 Å². The molecule has 1 rings (SSSR count). The lowest BCUT2D eigenvalue weighted by Crippen LogP contribution is -2.39. The summed E-state index contributed by atoms with van der Waals surface area (Å²) < 4.78 is 0. The van der Waals surface area contributed by atoms with Gasteiger partial charge in [0.15, 0.2) is 0 Å². The molecule has 0 aliphatic rings. The zero-order valence-electron chi connectivity index (χ0n) is 14.3. The van der Waals surface area contributed by atoms with Crippen LogP contribution in [0.15, 0.2) is 0 Å². The number of carbonyl (C=O) groups excluding carboxylic acids is 1. The smallest absolute Gasteiger partial charge is 0.265 e. The van der Waals surface area contributed by atoms with Crippen molar-refractivity contribution in [3.63, 3.8) is 0 Å². The molecule has 7 heteroatoms. The van der Waals surface area contributed by atoms with Crippen LogP contribution in [0.5, 0.6) is 0 Å². The van der Waals surface area contributed by atoms with Crippen LogP contribution in [-0.2, 0) is 6.42 Å². The maximum Gasteiger partial charge on any atom is 0.265 e. The molecule has 0 fully saturated rings. The van der Waals surface area contributed by atoms with Crippen LogP contribution in [0.25, 0.3) is 0 Å². The molecule has 0 spiro atoms. The summed E-state index contributed by atoms with van der Waals surface area (Å²) in [6.45, 7) is 11.6. The number of hydrogen-bond donors (Lipinski definition) is 1. The first-order valence-corrected chi connectivity index (χ1v) is 7.89. The maximum atomic E-state index is 12.6. The van der Waals surface area contributed by atoms with E-state index in [9.17, 15) is 4.79 Å². The highest BCUT2D eigenvalue weighted by atomic mass is 35.5. The van der Waals surface area contributed by atoms with Crippen LogP contribution >= 0.6 is 36.2 Å². The van der Waals surface area contributed by atoms with Crippen LogP contribution in [0.2, 0.25) is 0 Å². The summed E-state index contributed by atoms with van der Waals surface area (Å²) in [6, 6.07) is 0. The molecule has 0 radical (unpaired) electrons. The van der Waals surface area contributed by atoms with Crippen molar-refractivity contribution in [1.82, 2.24) is 9.88 Å². The lowest BCUT2D eigenvalue weighted by molar-refractivity contribution is 0.0744. The van der Waals surface area contributed by atoms with Crippen LogP contribution in [0, 0.1) is 18.3 Å². The van der Waals surface area contributed by atoms with E-state index in [1.807, 2.05) is 14.0 Å². The summed E-state index contributed by atoms with van der Waals surface area (Å²) in [5, 5.41) is 0.954. The lowest BCUT2D eigenvalue weighted by atomic mass is 9.93. The Bertz CT molecular complexity index is 475. The van der Waals surface area contributed by atoms with Gasteiger partial charge in [-0.05, 0) is 31.2 Å². The number of carbonyl (C=O) groups is 1. The van der Waals surface area contributed by atoms with E-state index in [4.69, 9.17) is 5.73 Å². The molecule has 4 nitrogen and oxygen atoms in total. The quantitative estimate of drug-likeness (QED) is 0.833. The first kappa shape index (κ1) is 23.9. The van der Waals surface area contributed by atoms with Gasteiger partial charge in [0.2, 0.25) is 0 Å². The molecule has 1 aromatic rings. The zero-order chi connectivity index (χ0) is 15.5. The summed E-state index contributed by atoms with van der Waals surface area (Å²) in [4.78, 5) is 19.7. The van der Waals surface area contributed by atoms with E-state index in [2.05, 4.69) is 32.7 Å². The molecular formula is C15H29Cl2N3OS. The van der Waals surface area contributed by atoms with Crippen molar-refractivity contribution in [3.05, 3.63) is 15.6 Å². The fourth-order valence-corrected chi connectivity index (χ4v) is 3.06. The van der Waals surface area contributed by atoms with Crippen molar-refractivity contribution in [2.45, 2.75) is 41.0 Å². The monoisotopic (exact) mass is 369 g/mol. The van der Waals surface area contributed by atoms with Gasteiger partial charge >= 0.3 is 0 Å². The Hall–Kier alpha value is -0.360. The first-order valence-electron chi connectivity index (χ1n) is 7.08. The van der Waals surface area contributed by atoms with Gasteiger partial charge in [0.05, 0.1) is 10.7 Å². The number of aryl methyl sites for hydroxylation is 1. The second-order valence-electron chi connectivity index (χ2n) is 6.64. The second kappa shape index (κ2) is 9.71. The van der Waals surface area contributed by atoms with Crippen LogP contribution in [0.3, 0.4) is 0 Å². The molecule has 2 N–H and O–H groups in total. The molecular weight excluding hydrogens is 341 g/mol. The Balaban J connectivity index is 0. The molecule has 1 amide bonds. The highest BCUT2D eigenvalue weighted by Crippen LogP contribution is 2.24. The highest BCUT2D eigenvalue weighted by molar-refractivity contribution is 7.13. The zero-order valence-corrected chi connectivity index (χ0v) is 16.8. The SMILES string of the molecule is Cc1nc(CC(C)C)c(C(=O)N(C)CC(C)(C)CN)s1.Cl.Cl. The van der Waals surface area contributed by atoms with E-state index in [1.54, 1.807) is 4.90 Å². The van der Waals surface area contributed by atoms with E-state index in [0.29, 0.717) is 19.0 Å². The molecule has 22 heavy (non-hydrogen) atoms. The molecule has 0 aliphatic heterocycles. The van der Waals surface area contributed by atoms with Crippen molar-refractivity contribution in [3.8, 4) is 0 Å². The van der Waals surface area contributed by atoms with Gasteiger partial charge in [-0.1, -0.05) is 27.7 Å². The Morgan fingerprint density at radius 3 is 2.36 bits per heavy atom. The molecule has 1 aromatic heterocycles. The minimum Gasteiger partial charge on any atom is -0.340 e. The fraction of sp³-hybridized carbons (Fsp3) is 0.733. The standard InChI is InChI=1S/C15H27N3OS.2ClH/c1-10(2)7-12-13(20-11(3)17-12)14(19)18(6)9-15(4,5)8-16;;/h10H,7-9,16H2,1-6H3;2*1H. The van der Waals surface area contributed by atoms with Crippen LogP contribution < -0.4 is 5.73 Å². The van der Waals surface area contributed by atoms with Crippen molar-refractivity contribution in [1.29, 1.82) is 0 Å². The van der Waals surface area contributed by atoms with Gasteiger partial charge in [-0.3, -0.25) is 4.79 Å². The largest absolute Gasteiger partial charge is 0.340 e. The number of amides is 1. The molecule has 0 atom stereocenters. The maximum absolute atomic E-state index is 12.6. The van der Waals surface area contributed by atoms with Gasteiger partial charge in [-0.2, -0.15) is 0 Å². The van der Waals surface area contributed by atoms with Crippen molar-refractivity contribution < 1.29 is 4.79 Å². The first-order chi connectivity index (χ1) is 9.16. The Morgan fingerprint density at radius 2 is 1.91 bits per heavy atom. The summed E-state index contributed by atoms with van der Waals surface area (Å²) >= 11 is 1.49. The molecule has 0 unspecified atom stereocenters. The normalized spacial score (nSPS) is 10.9. The van der Waals surface area contributed by atoms with Crippen LogP contribution in [-0.4, -0.2) is 35.9 Å². The molecule has 0 aromatic carbocycles. The number of nitrogens with two attached hydrogens (primary N) is 1. The third kappa shape index (κ3) is 6.82. The van der Waals surface area contributed by atoms with Crippen LogP contribution in [0.4, 0.5) is 0 Å². The van der Waals surface area contributed by atoms with Crippen molar-refractivity contribution in [2.75, 3.05) is 20.1 Å². The third-order valence-corrected chi connectivity index (χ3v) is 4.17. The van der Waals surface area contributed by atoms with Gasteiger partial charge in [-0.25, -0.2) is 4.98 Å². The third-order valence-electron chi connectivity index (χ3n) is 3.16. The van der Waals surface area contributed by atoms with E-state index in [-0.39, 0.29) is 36.1 Å². The van der Waals surface area contributed by atoms with Crippen molar-refractivity contribution >= 4 is 42.1 Å². The minimum atomic E-state index is -0.0671. The van der Waals surface area contributed by atoms with Crippen molar-refractivity contribution in [2.24, 2.45) is 17.1 Å². The number of hydrogen-bond acceptors (Lipinski definition) is 4. The van der Waals surface area contributed by atoms with Crippen LogP contribution in [0.1, 0.15) is 48.1 Å². The number of aromatic nitrogens is 1. The number of nitrogens with zero attached hydrogens (tertiary/aromatic N) is 2. The number of rotatable bonds is 6. The Labute approximate surface area is 150 Å². The number of halogens is 2. The molecule has 1 heterocycles. The highest BCUT2D eigenvalue weighted by Gasteiger charge is 2.25. The van der Waals surface area contributed by atoms with Gasteiger partial charge in [0, 0.05) is 13.6 Å². The second-order valence-corrected chi connectivity index (χ2v) is 7.84. The van der Waals surface area contributed by atoms with Gasteiger partial charge in [0.1, 0.15) is 4.88 Å². The fourth-order valence-electron chi connectivity index (χ4n) is 2.11. The molecule has 0 saturated heterocycles. The average molecular weight is 370 g/mol. The van der Waals surface area contributed by atoms with E-state index in [1.165, 1.54) is 11.3 Å². The predicted octanol–water partition coefficient (Wildman–Crippen LogP) is 3.55. The molecule has 0 bridgehead atoms. The summed E-state index contributed by atoms with van der Waals surface area (Å²) in [5.41, 5.74) is 6.61. The Kier molecular flexibility index (Phi) is 10.5. The van der Waals surface area contributed by atoms with Gasteiger partial charge in [-0.15, -0.1) is 36.2 Å². The van der Waals surface area contributed by atoms with E-state index >= 15 is 0 Å². The number of thiazole rings is 1. The topological polar surface area (TPSA) is 59.2 Å². The molecule has 0 saturated carbocycles. The minimum absolute atomic E-state index is 0. The predicted molar refractivity (Wildman–Crippen MR) is 99.7 cm³/mol. The average Bonchev–Trinajstić information content (AvgIpc) is 2.67. The Morgan fingerprint density at radius 1 is 1.36 bits per heavy atom. The van der Waals surface area contributed by atoms with E-state index in [0.717, 1.165) is 22.0 Å². The summed E-state index contributed by atoms with van der Waals surface area (Å²) in [5.74, 6) is 0.557. The van der Waals surface area contributed by atoms with E-state index < -0.39 is 0 Å². The molecule has 0 aliphatic carbocycles. The summed E-state index contributed by atoms with van der Waals surface area (Å²) in [7, 11) is 1.84. The van der Waals surface area contributed by atoms with Gasteiger partial charge in [0.25, 0.3) is 5.91 Å². The summed E-state index contributed by atoms with van der Waals surface area (Å²) in [6.07, 6.45) is 0.847. The molecule has 130 valence electrons.